The Balaban J connectivity index is 1.96. The Bertz CT molecular complexity index is 679. The van der Waals surface area contributed by atoms with E-state index in [1.807, 2.05) is 6.07 Å². The highest BCUT2D eigenvalue weighted by molar-refractivity contribution is 9.11. The zero-order valence-electron chi connectivity index (χ0n) is 10.5. The Morgan fingerprint density at radius 1 is 1.10 bits per heavy atom. The van der Waals surface area contributed by atoms with Crippen LogP contribution in [-0.4, -0.2) is 12.5 Å². The zero-order chi connectivity index (χ0) is 15.4. The Morgan fingerprint density at radius 2 is 1.76 bits per heavy atom. The number of benzene rings is 2. The van der Waals surface area contributed by atoms with Gasteiger partial charge < -0.3 is 10.1 Å². The number of ether oxygens (including phenoxy) is 1. The van der Waals surface area contributed by atoms with Gasteiger partial charge in [0.05, 0.1) is 10.2 Å². The van der Waals surface area contributed by atoms with Crippen LogP contribution >= 0.6 is 47.8 Å². The van der Waals surface area contributed by atoms with Crippen LogP contribution in [0.1, 0.15) is 0 Å². The third-order valence-electron chi connectivity index (χ3n) is 2.46. The maximum atomic E-state index is 13.6. The minimum Gasteiger partial charge on any atom is -0.483 e. The summed E-state index contributed by atoms with van der Waals surface area (Å²) in [5.41, 5.74) is 0.113. The van der Waals surface area contributed by atoms with Crippen molar-refractivity contribution in [2.24, 2.45) is 0 Å². The van der Waals surface area contributed by atoms with Crippen LogP contribution in [0.3, 0.4) is 0 Å². The first-order valence-electron chi connectivity index (χ1n) is 5.78. The molecule has 3 nitrogen and oxygen atoms in total. The molecule has 0 fully saturated rings. The average Bonchev–Trinajstić information content (AvgIpc) is 2.41. The highest BCUT2D eigenvalue weighted by atomic mass is 79.9. The van der Waals surface area contributed by atoms with E-state index in [4.69, 9.17) is 4.74 Å². The summed E-state index contributed by atoms with van der Waals surface area (Å²) >= 11 is 9.81. The van der Waals surface area contributed by atoms with Crippen LogP contribution < -0.4 is 10.1 Å². The van der Waals surface area contributed by atoms with Crippen LogP contribution in [-0.2, 0) is 4.79 Å². The number of nitrogens with one attached hydrogen (secondary N) is 1. The highest BCUT2D eigenvalue weighted by Gasteiger charge is 2.09. The van der Waals surface area contributed by atoms with Crippen molar-refractivity contribution < 1.29 is 13.9 Å². The predicted octanol–water partition coefficient (Wildman–Crippen LogP) is 5.13. The van der Waals surface area contributed by atoms with Gasteiger partial charge in [0.1, 0.15) is 11.6 Å². The molecule has 0 aliphatic heterocycles. The lowest BCUT2D eigenvalue weighted by atomic mass is 10.3. The molecule has 21 heavy (non-hydrogen) atoms. The molecule has 2 aromatic carbocycles. The van der Waals surface area contributed by atoms with Crippen LogP contribution in [0.25, 0.3) is 0 Å². The van der Waals surface area contributed by atoms with E-state index in [0.29, 0.717) is 10.2 Å². The van der Waals surface area contributed by atoms with E-state index >= 15 is 0 Å². The first-order chi connectivity index (χ1) is 9.95. The fraction of sp³-hybridized carbons (Fsp3) is 0.0714. The first kappa shape index (κ1) is 16.5. The lowest BCUT2D eigenvalue weighted by Gasteiger charge is -2.10. The van der Waals surface area contributed by atoms with Crippen LogP contribution in [0, 0.1) is 5.82 Å². The fourth-order valence-corrected chi connectivity index (χ4v) is 3.01. The molecule has 0 aliphatic rings. The maximum Gasteiger partial charge on any atom is 0.262 e. The van der Waals surface area contributed by atoms with Gasteiger partial charge in [-0.2, -0.15) is 0 Å². The number of hydrogen-bond donors (Lipinski definition) is 1. The van der Waals surface area contributed by atoms with E-state index in [2.05, 4.69) is 53.1 Å². The summed E-state index contributed by atoms with van der Waals surface area (Å²) < 4.78 is 21.2. The second kappa shape index (κ2) is 7.38. The monoisotopic (exact) mass is 479 g/mol. The van der Waals surface area contributed by atoms with Crippen molar-refractivity contribution in [3.05, 3.63) is 55.6 Å². The third kappa shape index (κ3) is 4.79. The molecule has 0 aliphatic carbocycles. The number of halogens is 4. The molecule has 2 rings (SSSR count). The molecule has 0 radical (unpaired) electrons. The molecule has 0 atom stereocenters. The van der Waals surface area contributed by atoms with Crippen LogP contribution in [0.5, 0.6) is 5.75 Å². The molecule has 0 aromatic heterocycles. The number of rotatable bonds is 4. The van der Waals surface area contributed by atoms with Gasteiger partial charge in [-0.3, -0.25) is 4.79 Å². The molecule has 1 amide bonds. The Labute approximate surface area is 146 Å². The largest absolute Gasteiger partial charge is 0.483 e. The normalized spacial score (nSPS) is 10.3. The molecule has 7 heteroatoms. The minimum absolute atomic E-state index is 0.113. The first-order valence-corrected chi connectivity index (χ1v) is 8.16. The third-order valence-corrected chi connectivity index (χ3v) is 4.06. The number of anilines is 1. The maximum absolute atomic E-state index is 13.6. The summed E-state index contributed by atoms with van der Waals surface area (Å²) in [4.78, 5) is 11.8. The van der Waals surface area contributed by atoms with Gasteiger partial charge in [-0.25, -0.2) is 4.39 Å². The molecule has 1 N–H and O–H groups in total. The van der Waals surface area contributed by atoms with Gasteiger partial charge in [-0.1, -0.05) is 31.9 Å². The van der Waals surface area contributed by atoms with Gasteiger partial charge in [0.25, 0.3) is 5.91 Å². The molecular weight excluding hydrogens is 473 g/mol. The average molecular weight is 482 g/mol. The van der Waals surface area contributed by atoms with Crippen molar-refractivity contribution >= 4 is 59.4 Å². The molecule has 0 saturated carbocycles. The second-order valence-electron chi connectivity index (χ2n) is 4.04. The van der Waals surface area contributed by atoms with Crippen molar-refractivity contribution in [2.45, 2.75) is 0 Å². The number of amides is 1. The van der Waals surface area contributed by atoms with E-state index in [-0.39, 0.29) is 12.3 Å². The Kier molecular flexibility index (Phi) is 5.78. The predicted molar refractivity (Wildman–Crippen MR) is 90.1 cm³/mol. The molecular formula is C14H9Br3FNO2. The number of carbonyl (C=O) groups excluding carboxylic acids is 1. The summed E-state index contributed by atoms with van der Waals surface area (Å²) in [6.07, 6.45) is 0. The van der Waals surface area contributed by atoms with Gasteiger partial charge in [0, 0.05) is 8.95 Å². The fourth-order valence-electron chi connectivity index (χ4n) is 1.51. The Hall–Kier alpha value is -0.920. The molecule has 2 aromatic rings. The minimum atomic E-state index is -0.512. The van der Waals surface area contributed by atoms with Crippen LogP contribution in [0.4, 0.5) is 10.1 Å². The summed E-state index contributed by atoms with van der Waals surface area (Å²) in [6.45, 7) is -0.213. The summed E-state index contributed by atoms with van der Waals surface area (Å²) in [5, 5.41) is 2.45. The molecule has 0 saturated heterocycles. The van der Waals surface area contributed by atoms with E-state index in [1.54, 1.807) is 18.2 Å². The van der Waals surface area contributed by atoms with E-state index in [1.165, 1.54) is 12.1 Å². The van der Waals surface area contributed by atoms with Gasteiger partial charge in [-0.15, -0.1) is 0 Å². The standard InChI is InChI=1S/C14H9Br3FNO2/c15-8-2-4-13(10(17)5-8)21-7-14(20)19-12-3-1-9(16)6-11(12)18/h1-6H,7H2,(H,19,20). The van der Waals surface area contributed by atoms with E-state index < -0.39 is 11.7 Å². The van der Waals surface area contributed by atoms with Crippen molar-refractivity contribution in [1.29, 1.82) is 0 Å². The molecule has 0 spiro atoms. The van der Waals surface area contributed by atoms with E-state index in [9.17, 15) is 9.18 Å². The van der Waals surface area contributed by atoms with Gasteiger partial charge in [0.2, 0.25) is 0 Å². The molecule has 110 valence electrons. The van der Waals surface area contributed by atoms with Crippen molar-refractivity contribution in [3.63, 3.8) is 0 Å². The second-order valence-corrected chi connectivity index (χ2v) is 6.72. The van der Waals surface area contributed by atoms with Crippen LogP contribution in [0.2, 0.25) is 0 Å². The Morgan fingerprint density at radius 3 is 2.43 bits per heavy atom. The smallest absolute Gasteiger partial charge is 0.262 e. The number of carbonyl (C=O) groups is 1. The van der Waals surface area contributed by atoms with Crippen molar-refractivity contribution in [1.82, 2.24) is 0 Å². The van der Waals surface area contributed by atoms with Gasteiger partial charge in [-0.05, 0) is 52.3 Å². The van der Waals surface area contributed by atoms with Crippen molar-refractivity contribution in [3.8, 4) is 5.75 Å². The lowest BCUT2D eigenvalue weighted by Crippen LogP contribution is -2.20. The molecule has 0 unspecified atom stereocenters. The van der Waals surface area contributed by atoms with Gasteiger partial charge in [0.15, 0.2) is 6.61 Å². The van der Waals surface area contributed by atoms with Crippen LogP contribution in [0.15, 0.2) is 49.8 Å². The highest BCUT2D eigenvalue weighted by Crippen LogP contribution is 2.28. The zero-order valence-corrected chi connectivity index (χ0v) is 15.3. The summed E-state index contributed by atoms with van der Waals surface area (Å²) in [7, 11) is 0. The quantitative estimate of drug-likeness (QED) is 0.657. The summed E-state index contributed by atoms with van der Waals surface area (Å²) in [6, 6.07) is 9.73. The topological polar surface area (TPSA) is 38.3 Å². The van der Waals surface area contributed by atoms with Gasteiger partial charge >= 0.3 is 0 Å². The SMILES string of the molecule is O=C(COc1ccc(Br)cc1Br)Nc1ccc(Br)cc1F. The summed E-state index contributed by atoms with van der Waals surface area (Å²) in [5.74, 6) is -0.418. The number of hydrogen-bond acceptors (Lipinski definition) is 2. The van der Waals surface area contributed by atoms with Crippen molar-refractivity contribution in [2.75, 3.05) is 11.9 Å². The lowest BCUT2D eigenvalue weighted by molar-refractivity contribution is -0.118. The molecule has 0 bridgehead atoms. The molecule has 0 heterocycles. The van der Waals surface area contributed by atoms with E-state index in [0.717, 1.165) is 8.95 Å².